The van der Waals surface area contributed by atoms with Crippen LogP contribution in [-0.4, -0.2) is 0 Å². The molecule has 3 nitrogen and oxygen atoms in total. The lowest BCUT2D eigenvalue weighted by Crippen LogP contribution is -2.02. The molecule has 0 aromatic heterocycles. The van der Waals surface area contributed by atoms with Crippen LogP contribution in [0.1, 0.15) is 24.5 Å². The molecule has 0 radical (unpaired) electrons. The predicted octanol–water partition coefficient (Wildman–Crippen LogP) is 2.84. The molecular weight excluding hydrogens is 166 g/mol. The lowest BCUT2D eigenvalue weighted by Gasteiger charge is -2.11. The maximum absolute atomic E-state index is 10.0. The van der Waals surface area contributed by atoms with Gasteiger partial charge in [-0.1, -0.05) is 30.3 Å². The first-order valence-electron chi connectivity index (χ1n) is 4.45. The first kappa shape index (κ1) is 8.23. The fourth-order valence-corrected chi connectivity index (χ4v) is 1.51. The molecule has 0 amide bonds. The van der Waals surface area contributed by atoms with E-state index in [9.17, 15) is 4.91 Å². The molecule has 1 saturated carbocycles. The Bertz CT molecular complexity index is 282. The third-order valence-corrected chi connectivity index (χ3v) is 2.33. The highest BCUT2D eigenvalue weighted by Gasteiger charge is 2.34. The molecule has 0 aliphatic heterocycles. The molecule has 1 aromatic carbocycles. The van der Waals surface area contributed by atoms with Crippen LogP contribution in [0.15, 0.2) is 35.7 Å². The Hall–Kier alpha value is -1.38. The summed E-state index contributed by atoms with van der Waals surface area (Å²) in [5.41, 5.74) is 1.05. The Balaban J connectivity index is 2.14. The number of benzene rings is 1. The van der Waals surface area contributed by atoms with Gasteiger partial charge in [0, 0.05) is 5.92 Å². The zero-order valence-electron chi connectivity index (χ0n) is 7.22. The van der Waals surface area contributed by atoms with E-state index in [4.69, 9.17) is 4.84 Å². The van der Waals surface area contributed by atoms with Crippen LogP contribution < -0.4 is 0 Å². The second kappa shape index (κ2) is 3.56. The van der Waals surface area contributed by atoms with E-state index in [2.05, 4.69) is 5.34 Å². The summed E-state index contributed by atoms with van der Waals surface area (Å²) in [5, 5.41) is 2.52. The van der Waals surface area contributed by atoms with Crippen LogP contribution in [0.3, 0.4) is 0 Å². The van der Waals surface area contributed by atoms with E-state index in [0.717, 1.165) is 18.4 Å². The van der Waals surface area contributed by atoms with Gasteiger partial charge < -0.3 is 4.84 Å². The summed E-state index contributed by atoms with van der Waals surface area (Å²) in [6.45, 7) is 0. The number of hydrogen-bond donors (Lipinski definition) is 0. The highest BCUT2D eigenvalue weighted by Crippen LogP contribution is 2.43. The van der Waals surface area contributed by atoms with Crippen LogP contribution in [0.2, 0.25) is 0 Å². The Kier molecular flexibility index (Phi) is 2.25. The number of hydrogen-bond acceptors (Lipinski definition) is 3. The summed E-state index contributed by atoms with van der Waals surface area (Å²) < 4.78 is 0. The van der Waals surface area contributed by atoms with Crippen molar-refractivity contribution in [3.05, 3.63) is 40.8 Å². The second-order valence-electron chi connectivity index (χ2n) is 3.35. The van der Waals surface area contributed by atoms with Gasteiger partial charge >= 0.3 is 0 Å². The van der Waals surface area contributed by atoms with Crippen LogP contribution in [0.5, 0.6) is 0 Å². The molecular formula is C10H11NO2. The average Bonchev–Trinajstić information content (AvgIpc) is 2.99. The van der Waals surface area contributed by atoms with Gasteiger partial charge in [-0.15, -0.1) is 4.91 Å². The molecule has 2 rings (SSSR count). The highest BCUT2D eigenvalue weighted by molar-refractivity contribution is 5.19. The Morgan fingerprint density at radius 1 is 1.31 bits per heavy atom. The molecule has 68 valence electrons. The molecule has 0 saturated heterocycles. The van der Waals surface area contributed by atoms with Gasteiger partial charge in [-0.25, -0.2) is 0 Å². The minimum Gasteiger partial charge on any atom is -0.356 e. The Morgan fingerprint density at radius 3 is 2.54 bits per heavy atom. The smallest absolute Gasteiger partial charge is 0.158 e. The SMILES string of the molecule is O=NOC(c1ccccc1)C1CC1. The average molecular weight is 177 g/mol. The van der Waals surface area contributed by atoms with E-state index < -0.39 is 0 Å². The quantitative estimate of drug-likeness (QED) is 0.524. The van der Waals surface area contributed by atoms with Crippen molar-refractivity contribution in [3.63, 3.8) is 0 Å². The molecule has 0 spiro atoms. The Morgan fingerprint density at radius 2 is 2.00 bits per heavy atom. The second-order valence-corrected chi connectivity index (χ2v) is 3.35. The van der Waals surface area contributed by atoms with Gasteiger partial charge in [0.25, 0.3) is 0 Å². The first-order valence-corrected chi connectivity index (χ1v) is 4.45. The van der Waals surface area contributed by atoms with E-state index in [0.29, 0.717) is 5.92 Å². The largest absolute Gasteiger partial charge is 0.356 e. The fraction of sp³-hybridized carbons (Fsp3) is 0.400. The van der Waals surface area contributed by atoms with Crippen LogP contribution in [-0.2, 0) is 4.84 Å². The molecule has 1 atom stereocenters. The van der Waals surface area contributed by atoms with Crippen molar-refractivity contribution in [2.75, 3.05) is 0 Å². The molecule has 0 N–H and O–H groups in total. The van der Waals surface area contributed by atoms with E-state index in [-0.39, 0.29) is 6.10 Å². The zero-order valence-corrected chi connectivity index (χ0v) is 7.22. The van der Waals surface area contributed by atoms with E-state index >= 15 is 0 Å². The van der Waals surface area contributed by atoms with Gasteiger partial charge in [0.1, 0.15) is 0 Å². The molecule has 0 heterocycles. The summed E-state index contributed by atoms with van der Waals surface area (Å²) in [6, 6.07) is 9.77. The summed E-state index contributed by atoms with van der Waals surface area (Å²) >= 11 is 0. The highest BCUT2D eigenvalue weighted by atomic mass is 16.7. The molecule has 3 heteroatoms. The standard InChI is InChI=1S/C10H11NO2/c12-11-13-10(9-6-7-9)8-4-2-1-3-5-8/h1-5,9-10H,6-7H2. The molecule has 1 aromatic rings. The van der Waals surface area contributed by atoms with Crippen LogP contribution in [0.4, 0.5) is 0 Å². The summed E-state index contributed by atoms with van der Waals surface area (Å²) in [5.74, 6) is 0.486. The van der Waals surface area contributed by atoms with Crippen molar-refractivity contribution in [1.29, 1.82) is 0 Å². The molecule has 1 unspecified atom stereocenters. The Labute approximate surface area is 76.6 Å². The first-order chi connectivity index (χ1) is 6.42. The minimum absolute atomic E-state index is 0.126. The lowest BCUT2D eigenvalue weighted by molar-refractivity contribution is 0.0387. The monoisotopic (exact) mass is 177 g/mol. The fourth-order valence-electron chi connectivity index (χ4n) is 1.51. The summed E-state index contributed by atoms with van der Waals surface area (Å²) in [7, 11) is 0. The number of rotatable bonds is 4. The van der Waals surface area contributed by atoms with Crippen molar-refractivity contribution >= 4 is 0 Å². The predicted molar refractivity (Wildman–Crippen MR) is 48.8 cm³/mol. The van der Waals surface area contributed by atoms with Gasteiger partial charge in [-0.3, -0.25) is 0 Å². The van der Waals surface area contributed by atoms with Crippen molar-refractivity contribution in [1.82, 2.24) is 0 Å². The minimum atomic E-state index is -0.126. The molecule has 0 bridgehead atoms. The topological polar surface area (TPSA) is 38.7 Å². The third-order valence-electron chi connectivity index (χ3n) is 2.33. The van der Waals surface area contributed by atoms with Crippen molar-refractivity contribution in [2.24, 2.45) is 11.3 Å². The zero-order chi connectivity index (χ0) is 9.10. The van der Waals surface area contributed by atoms with E-state index in [1.54, 1.807) is 0 Å². The maximum atomic E-state index is 10.0. The normalized spacial score (nSPS) is 17.8. The third kappa shape index (κ3) is 1.86. The maximum Gasteiger partial charge on any atom is 0.158 e. The van der Waals surface area contributed by atoms with Crippen LogP contribution >= 0.6 is 0 Å². The molecule has 1 fully saturated rings. The summed E-state index contributed by atoms with van der Waals surface area (Å²) in [4.78, 5) is 14.9. The van der Waals surface area contributed by atoms with Gasteiger partial charge in [-0.2, -0.15) is 0 Å². The van der Waals surface area contributed by atoms with Gasteiger partial charge in [0.2, 0.25) is 0 Å². The van der Waals surface area contributed by atoms with Crippen LogP contribution in [0.25, 0.3) is 0 Å². The van der Waals surface area contributed by atoms with Crippen molar-refractivity contribution < 1.29 is 4.84 Å². The van der Waals surface area contributed by atoms with Crippen molar-refractivity contribution in [3.8, 4) is 0 Å². The summed E-state index contributed by atoms with van der Waals surface area (Å²) in [6.07, 6.45) is 2.14. The van der Waals surface area contributed by atoms with Crippen LogP contribution in [0, 0.1) is 10.8 Å². The van der Waals surface area contributed by atoms with Gasteiger partial charge in [0.15, 0.2) is 11.4 Å². The lowest BCUT2D eigenvalue weighted by atomic mass is 10.1. The molecule has 1 aliphatic carbocycles. The van der Waals surface area contributed by atoms with Gasteiger partial charge in [-0.05, 0) is 18.4 Å². The number of nitrogens with zero attached hydrogens (tertiary/aromatic N) is 1. The molecule has 1 aliphatic rings. The van der Waals surface area contributed by atoms with E-state index in [1.165, 1.54) is 0 Å². The van der Waals surface area contributed by atoms with E-state index in [1.807, 2.05) is 30.3 Å². The van der Waals surface area contributed by atoms with Gasteiger partial charge in [0.05, 0.1) is 0 Å². The van der Waals surface area contributed by atoms with Crippen molar-refractivity contribution in [2.45, 2.75) is 18.9 Å². The molecule has 13 heavy (non-hydrogen) atoms.